The second-order valence-corrected chi connectivity index (χ2v) is 2.73. The first-order chi connectivity index (χ1) is 7.10. The molecule has 0 aliphatic rings. The van der Waals surface area contributed by atoms with Crippen LogP contribution in [0.2, 0.25) is 0 Å². The zero-order valence-corrected chi connectivity index (χ0v) is 7.90. The second-order valence-electron chi connectivity index (χ2n) is 2.73. The highest BCUT2D eigenvalue weighted by atomic mass is 19.1. The molecule has 0 spiro atoms. The first-order valence-electron chi connectivity index (χ1n) is 4.01. The van der Waals surface area contributed by atoms with Crippen LogP contribution in [0.5, 0.6) is 0 Å². The number of nitro groups is 1. The van der Waals surface area contributed by atoms with E-state index in [1.165, 1.54) is 13.2 Å². The Bertz CT molecular complexity index is 405. The number of hydrogen-bond donors (Lipinski definition) is 0. The van der Waals surface area contributed by atoms with Crippen molar-refractivity contribution in [1.29, 1.82) is 0 Å². The average molecular weight is 213 g/mol. The average Bonchev–Trinajstić information content (AvgIpc) is 2.26. The van der Waals surface area contributed by atoms with Crippen molar-refractivity contribution < 1.29 is 18.8 Å². The van der Waals surface area contributed by atoms with Crippen molar-refractivity contribution in [3.63, 3.8) is 0 Å². The first kappa shape index (κ1) is 11.1. The van der Waals surface area contributed by atoms with Crippen LogP contribution in [0, 0.1) is 10.1 Å². The van der Waals surface area contributed by atoms with Crippen LogP contribution in [-0.2, 0) is 11.4 Å². The molecule has 1 aromatic carbocycles. The van der Waals surface area contributed by atoms with Crippen LogP contribution in [0.1, 0.15) is 15.9 Å². The van der Waals surface area contributed by atoms with Crippen molar-refractivity contribution in [3.05, 3.63) is 39.4 Å². The SMILES string of the molecule is COC(=O)c1ccc([N+](=O)[O-])c(CF)c1. The van der Waals surface area contributed by atoms with E-state index in [1.807, 2.05) is 0 Å². The minimum absolute atomic E-state index is 0.0933. The number of rotatable bonds is 3. The van der Waals surface area contributed by atoms with Crippen LogP contribution in [0.25, 0.3) is 0 Å². The van der Waals surface area contributed by atoms with E-state index >= 15 is 0 Å². The summed E-state index contributed by atoms with van der Waals surface area (Å²) in [6, 6.07) is 3.42. The molecule has 6 heteroatoms. The summed E-state index contributed by atoms with van der Waals surface area (Å²) in [5.41, 5.74) is -0.385. The monoisotopic (exact) mass is 213 g/mol. The van der Waals surface area contributed by atoms with Crippen molar-refractivity contribution in [2.75, 3.05) is 7.11 Å². The normalized spacial score (nSPS) is 9.73. The molecule has 0 radical (unpaired) electrons. The molecule has 80 valence electrons. The lowest BCUT2D eigenvalue weighted by Crippen LogP contribution is -2.03. The first-order valence-corrected chi connectivity index (χ1v) is 4.01. The van der Waals surface area contributed by atoms with Crippen molar-refractivity contribution in [2.24, 2.45) is 0 Å². The molecule has 0 fully saturated rings. The molecule has 0 bridgehead atoms. The number of carbonyl (C=O) groups excluding carboxylic acids is 1. The molecule has 15 heavy (non-hydrogen) atoms. The van der Waals surface area contributed by atoms with E-state index in [1.54, 1.807) is 0 Å². The summed E-state index contributed by atoms with van der Waals surface area (Å²) in [7, 11) is 1.18. The van der Waals surface area contributed by atoms with E-state index in [-0.39, 0.29) is 16.8 Å². The highest BCUT2D eigenvalue weighted by Gasteiger charge is 2.16. The van der Waals surface area contributed by atoms with Gasteiger partial charge in [-0.3, -0.25) is 10.1 Å². The molecule has 0 amide bonds. The van der Waals surface area contributed by atoms with Crippen molar-refractivity contribution in [1.82, 2.24) is 0 Å². The molecule has 1 rings (SSSR count). The zero-order valence-electron chi connectivity index (χ0n) is 7.90. The molecular formula is C9H8FNO4. The molecule has 0 aromatic heterocycles. The Morgan fingerprint density at radius 3 is 2.73 bits per heavy atom. The lowest BCUT2D eigenvalue weighted by atomic mass is 10.1. The van der Waals surface area contributed by atoms with Gasteiger partial charge in [0.2, 0.25) is 0 Å². The summed E-state index contributed by atoms with van der Waals surface area (Å²) < 4.78 is 16.8. The highest BCUT2D eigenvalue weighted by Crippen LogP contribution is 2.21. The van der Waals surface area contributed by atoms with Gasteiger partial charge in [0.15, 0.2) is 0 Å². The summed E-state index contributed by atoms with van der Waals surface area (Å²) in [4.78, 5) is 20.8. The molecule has 0 atom stereocenters. The summed E-state index contributed by atoms with van der Waals surface area (Å²) in [6.45, 7) is -0.999. The van der Waals surface area contributed by atoms with E-state index in [0.29, 0.717) is 0 Å². The van der Waals surface area contributed by atoms with Crippen molar-refractivity contribution in [3.8, 4) is 0 Å². The maximum atomic E-state index is 12.4. The molecule has 0 saturated heterocycles. The standard InChI is InChI=1S/C9H8FNO4/c1-15-9(12)6-2-3-8(11(13)14)7(4-6)5-10/h2-4H,5H2,1H3. The quantitative estimate of drug-likeness (QED) is 0.436. The number of nitrogens with zero attached hydrogens (tertiary/aromatic N) is 1. The number of methoxy groups -OCH3 is 1. The van der Waals surface area contributed by atoms with Crippen LogP contribution in [0.4, 0.5) is 10.1 Å². The minimum Gasteiger partial charge on any atom is -0.465 e. The third kappa shape index (κ3) is 2.28. The maximum Gasteiger partial charge on any atom is 0.337 e. The number of halogens is 1. The lowest BCUT2D eigenvalue weighted by molar-refractivity contribution is -0.385. The molecule has 0 aliphatic heterocycles. The molecule has 0 saturated carbocycles. The topological polar surface area (TPSA) is 69.4 Å². The van der Waals surface area contributed by atoms with Gasteiger partial charge in [0.1, 0.15) is 6.67 Å². The van der Waals surface area contributed by atoms with Gasteiger partial charge in [-0.1, -0.05) is 0 Å². The van der Waals surface area contributed by atoms with Crippen molar-refractivity contribution in [2.45, 2.75) is 6.67 Å². The van der Waals surface area contributed by atoms with Gasteiger partial charge in [0, 0.05) is 6.07 Å². The number of hydrogen-bond acceptors (Lipinski definition) is 4. The van der Waals surface area contributed by atoms with E-state index in [0.717, 1.165) is 12.1 Å². The van der Waals surface area contributed by atoms with Crippen LogP contribution >= 0.6 is 0 Å². The maximum absolute atomic E-state index is 12.4. The van der Waals surface area contributed by atoms with Gasteiger partial charge in [-0.25, -0.2) is 9.18 Å². The van der Waals surface area contributed by atoms with Crippen LogP contribution in [0.15, 0.2) is 18.2 Å². The third-order valence-electron chi connectivity index (χ3n) is 1.84. The Labute approximate surface area is 84.6 Å². The molecule has 0 N–H and O–H groups in total. The van der Waals surface area contributed by atoms with Crippen LogP contribution in [-0.4, -0.2) is 18.0 Å². The third-order valence-corrected chi connectivity index (χ3v) is 1.84. The largest absolute Gasteiger partial charge is 0.465 e. The number of ether oxygens (including phenoxy) is 1. The van der Waals surface area contributed by atoms with Crippen LogP contribution < -0.4 is 0 Å². The molecule has 0 heterocycles. The minimum atomic E-state index is -0.999. The Morgan fingerprint density at radius 2 is 2.27 bits per heavy atom. The summed E-state index contributed by atoms with van der Waals surface area (Å²) >= 11 is 0. The van der Waals surface area contributed by atoms with E-state index < -0.39 is 17.6 Å². The Balaban J connectivity index is 3.19. The van der Waals surface area contributed by atoms with E-state index in [2.05, 4.69) is 4.74 Å². The number of benzene rings is 1. The fraction of sp³-hybridized carbons (Fsp3) is 0.222. The fourth-order valence-electron chi connectivity index (χ4n) is 1.12. The summed E-state index contributed by atoms with van der Waals surface area (Å²) in [5, 5.41) is 10.5. The van der Waals surface area contributed by atoms with Gasteiger partial charge in [0.25, 0.3) is 5.69 Å². The second kappa shape index (κ2) is 4.50. The van der Waals surface area contributed by atoms with Gasteiger partial charge in [-0.2, -0.15) is 0 Å². The predicted molar refractivity (Wildman–Crippen MR) is 49.2 cm³/mol. The van der Waals surface area contributed by atoms with Gasteiger partial charge < -0.3 is 4.74 Å². The van der Waals surface area contributed by atoms with E-state index in [9.17, 15) is 19.3 Å². The number of carbonyl (C=O) groups is 1. The molecule has 0 aliphatic carbocycles. The lowest BCUT2D eigenvalue weighted by Gasteiger charge is -2.01. The predicted octanol–water partition coefficient (Wildman–Crippen LogP) is 1.85. The van der Waals surface area contributed by atoms with E-state index in [4.69, 9.17) is 0 Å². The Morgan fingerprint density at radius 1 is 1.60 bits per heavy atom. The Hall–Kier alpha value is -1.98. The zero-order chi connectivity index (χ0) is 11.4. The molecule has 5 nitrogen and oxygen atoms in total. The van der Waals surface area contributed by atoms with Crippen LogP contribution in [0.3, 0.4) is 0 Å². The van der Waals surface area contributed by atoms with Gasteiger partial charge in [-0.05, 0) is 12.1 Å². The van der Waals surface area contributed by atoms with Crippen molar-refractivity contribution >= 4 is 11.7 Å². The highest BCUT2D eigenvalue weighted by molar-refractivity contribution is 5.89. The molecule has 0 unspecified atom stereocenters. The summed E-state index contributed by atoms with van der Waals surface area (Å²) in [5.74, 6) is -0.653. The Kier molecular flexibility index (Phi) is 3.33. The summed E-state index contributed by atoms with van der Waals surface area (Å²) in [6.07, 6.45) is 0. The number of alkyl halides is 1. The smallest absolute Gasteiger partial charge is 0.337 e. The van der Waals surface area contributed by atoms with Gasteiger partial charge in [-0.15, -0.1) is 0 Å². The molecular weight excluding hydrogens is 205 g/mol. The molecule has 1 aromatic rings. The van der Waals surface area contributed by atoms with Gasteiger partial charge >= 0.3 is 5.97 Å². The number of nitro benzene ring substituents is 1. The fourth-order valence-corrected chi connectivity index (χ4v) is 1.12. The van der Waals surface area contributed by atoms with Gasteiger partial charge in [0.05, 0.1) is 23.2 Å². The number of esters is 1.